The predicted octanol–water partition coefficient (Wildman–Crippen LogP) is 1.50. The Balaban J connectivity index is 2.27. The first-order valence-corrected chi connectivity index (χ1v) is 4.78. The van der Waals surface area contributed by atoms with Crippen molar-refractivity contribution >= 4 is 16.7 Å². The van der Waals surface area contributed by atoms with Gasteiger partial charge in [-0.25, -0.2) is 4.98 Å². The summed E-state index contributed by atoms with van der Waals surface area (Å²) in [6.45, 7) is 1.73. The van der Waals surface area contributed by atoms with Gasteiger partial charge in [0.2, 0.25) is 11.7 Å². The molecule has 80 valence electrons. The number of nitrogen functional groups attached to an aromatic ring is 1. The molecule has 3 aromatic rings. The maximum absolute atomic E-state index is 6.02. The van der Waals surface area contributed by atoms with Crippen LogP contribution in [0.4, 0.5) is 5.69 Å². The zero-order valence-electron chi connectivity index (χ0n) is 8.56. The van der Waals surface area contributed by atoms with E-state index in [2.05, 4.69) is 20.1 Å². The van der Waals surface area contributed by atoms with Crippen LogP contribution in [0.3, 0.4) is 0 Å². The van der Waals surface area contributed by atoms with E-state index in [-0.39, 0.29) is 0 Å². The molecular formula is C10H9N5O. The molecule has 6 nitrogen and oxygen atoms in total. The fraction of sp³-hybridized carbons (Fsp3) is 0.100. The van der Waals surface area contributed by atoms with Gasteiger partial charge >= 0.3 is 0 Å². The SMILES string of the molecule is Cc1nc(-c2cnc3[nH]ccc3c2N)no1. The van der Waals surface area contributed by atoms with Crippen molar-refractivity contribution < 1.29 is 4.52 Å². The second-order valence-electron chi connectivity index (χ2n) is 3.46. The Hall–Kier alpha value is -2.37. The van der Waals surface area contributed by atoms with Gasteiger partial charge in [-0.2, -0.15) is 4.98 Å². The second kappa shape index (κ2) is 3.06. The number of nitrogens with zero attached hydrogens (tertiary/aromatic N) is 3. The summed E-state index contributed by atoms with van der Waals surface area (Å²) >= 11 is 0. The number of aromatic nitrogens is 4. The van der Waals surface area contributed by atoms with E-state index in [4.69, 9.17) is 10.3 Å². The number of hydrogen-bond acceptors (Lipinski definition) is 5. The lowest BCUT2D eigenvalue weighted by Crippen LogP contribution is -1.94. The summed E-state index contributed by atoms with van der Waals surface area (Å²) in [5.74, 6) is 0.967. The maximum Gasteiger partial charge on any atom is 0.223 e. The van der Waals surface area contributed by atoms with Crippen molar-refractivity contribution in [2.45, 2.75) is 6.92 Å². The summed E-state index contributed by atoms with van der Waals surface area (Å²) in [6.07, 6.45) is 3.43. The first-order chi connectivity index (χ1) is 7.75. The molecule has 0 saturated heterocycles. The van der Waals surface area contributed by atoms with Crippen molar-refractivity contribution in [1.82, 2.24) is 20.1 Å². The van der Waals surface area contributed by atoms with Gasteiger partial charge in [-0.3, -0.25) is 0 Å². The molecule has 0 radical (unpaired) electrons. The molecule has 16 heavy (non-hydrogen) atoms. The van der Waals surface area contributed by atoms with E-state index in [1.807, 2.05) is 6.07 Å². The van der Waals surface area contributed by atoms with E-state index in [1.165, 1.54) is 0 Å². The number of aryl methyl sites for hydroxylation is 1. The molecule has 0 amide bonds. The van der Waals surface area contributed by atoms with Crippen LogP contribution in [0.1, 0.15) is 5.89 Å². The third-order valence-corrected chi connectivity index (χ3v) is 2.40. The third-order valence-electron chi connectivity index (χ3n) is 2.40. The van der Waals surface area contributed by atoms with Gasteiger partial charge < -0.3 is 15.2 Å². The van der Waals surface area contributed by atoms with Crippen LogP contribution in [0, 0.1) is 6.92 Å². The van der Waals surface area contributed by atoms with Crippen LogP contribution in [0.15, 0.2) is 23.0 Å². The zero-order valence-corrected chi connectivity index (χ0v) is 8.56. The molecule has 0 fully saturated rings. The van der Waals surface area contributed by atoms with Crippen molar-refractivity contribution in [3.8, 4) is 11.4 Å². The smallest absolute Gasteiger partial charge is 0.223 e. The fourth-order valence-electron chi connectivity index (χ4n) is 1.62. The Morgan fingerprint density at radius 2 is 2.31 bits per heavy atom. The standard InChI is InChI=1S/C10H9N5O/c1-5-14-10(15-16-5)7-4-13-9-6(8(7)11)2-3-12-9/h2-4H,1H3,(H3,11,12,13). The minimum absolute atomic E-state index is 0.464. The van der Waals surface area contributed by atoms with Crippen molar-refractivity contribution in [2.24, 2.45) is 0 Å². The van der Waals surface area contributed by atoms with E-state index < -0.39 is 0 Å². The number of fused-ring (bicyclic) bond motifs is 1. The molecule has 0 saturated carbocycles. The zero-order chi connectivity index (χ0) is 11.1. The molecule has 0 atom stereocenters. The molecule has 3 rings (SSSR count). The number of aromatic amines is 1. The average Bonchev–Trinajstić information content (AvgIpc) is 2.87. The van der Waals surface area contributed by atoms with E-state index >= 15 is 0 Å². The van der Waals surface area contributed by atoms with Crippen molar-refractivity contribution in [1.29, 1.82) is 0 Å². The highest BCUT2D eigenvalue weighted by molar-refractivity contribution is 5.95. The summed E-state index contributed by atoms with van der Waals surface area (Å²) in [5, 5.41) is 4.68. The number of nitrogens with two attached hydrogens (primary N) is 1. The Morgan fingerprint density at radius 1 is 1.44 bits per heavy atom. The first kappa shape index (κ1) is 8.90. The molecule has 0 aliphatic heterocycles. The quantitative estimate of drug-likeness (QED) is 0.641. The molecule has 0 unspecified atom stereocenters. The van der Waals surface area contributed by atoms with Gasteiger partial charge in [0.25, 0.3) is 0 Å². The molecule has 6 heteroatoms. The second-order valence-corrected chi connectivity index (χ2v) is 3.46. The summed E-state index contributed by atoms with van der Waals surface area (Å²) in [4.78, 5) is 11.3. The van der Waals surface area contributed by atoms with E-state index in [1.54, 1.807) is 19.3 Å². The first-order valence-electron chi connectivity index (χ1n) is 4.78. The maximum atomic E-state index is 6.02. The minimum Gasteiger partial charge on any atom is -0.397 e. The van der Waals surface area contributed by atoms with Gasteiger partial charge in [0.15, 0.2) is 0 Å². The van der Waals surface area contributed by atoms with Gasteiger partial charge in [-0.15, -0.1) is 0 Å². The molecule has 0 aromatic carbocycles. The molecule has 3 N–H and O–H groups in total. The van der Waals surface area contributed by atoms with Gasteiger partial charge in [-0.05, 0) is 6.07 Å². The highest BCUT2D eigenvalue weighted by atomic mass is 16.5. The molecule has 3 heterocycles. The summed E-state index contributed by atoms with van der Waals surface area (Å²) < 4.78 is 4.92. The Bertz CT molecular complexity index is 654. The van der Waals surface area contributed by atoms with Gasteiger partial charge in [-0.1, -0.05) is 5.16 Å². The van der Waals surface area contributed by atoms with Crippen molar-refractivity contribution in [3.05, 3.63) is 24.4 Å². The minimum atomic E-state index is 0.464. The summed E-state index contributed by atoms with van der Waals surface area (Å²) in [7, 11) is 0. The van der Waals surface area contributed by atoms with Gasteiger partial charge in [0, 0.05) is 24.7 Å². The van der Waals surface area contributed by atoms with Crippen LogP contribution in [0.5, 0.6) is 0 Å². The predicted molar refractivity (Wildman–Crippen MR) is 58.5 cm³/mol. The Labute approximate surface area is 90.5 Å². The highest BCUT2D eigenvalue weighted by Crippen LogP contribution is 2.28. The fourth-order valence-corrected chi connectivity index (χ4v) is 1.62. The number of H-pyrrole nitrogens is 1. The largest absolute Gasteiger partial charge is 0.397 e. The summed E-state index contributed by atoms with van der Waals surface area (Å²) in [6, 6.07) is 1.87. The topological polar surface area (TPSA) is 93.6 Å². The van der Waals surface area contributed by atoms with Crippen LogP contribution in [0.25, 0.3) is 22.4 Å². The normalized spacial score (nSPS) is 11.1. The average molecular weight is 215 g/mol. The molecule has 0 aliphatic rings. The van der Waals surface area contributed by atoms with Crippen LogP contribution in [-0.4, -0.2) is 20.1 Å². The van der Waals surface area contributed by atoms with E-state index in [9.17, 15) is 0 Å². The third kappa shape index (κ3) is 1.16. The number of nitrogens with one attached hydrogen (secondary N) is 1. The lowest BCUT2D eigenvalue weighted by molar-refractivity contribution is 0.394. The molecular weight excluding hydrogens is 206 g/mol. The molecule has 0 bridgehead atoms. The molecule has 0 spiro atoms. The van der Waals surface area contributed by atoms with E-state index in [0.717, 1.165) is 11.0 Å². The number of rotatable bonds is 1. The lowest BCUT2D eigenvalue weighted by Gasteiger charge is -2.01. The van der Waals surface area contributed by atoms with Crippen molar-refractivity contribution in [3.63, 3.8) is 0 Å². The monoisotopic (exact) mass is 215 g/mol. The molecule has 0 aliphatic carbocycles. The van der Waals surface area contributed by atoms with Crippen LogP contribution >= 0.6 is 0 Å². The van der Waals surface area contributed by atoms with Crippen LogP contribution in [0.2, 0.25) is 0 Å². The molecule has 3 aromatic heterocycles. The number of hydrogen-bond donors (Lipinski definition) is 2. The highest BCUT2D eigenvalue weighted by Gasteiger charge is 2.12. The Kier molecular flexibility index (Phi) is 1.70. The van der Waals surface area contributed by atoms with Crippen molar-refractivity contribution in [2.75, 3.05) is 5.73 Å². The Morgan fingerprint density at radius 3 is 3.06 bits per heavy atom. The van der Waals surface area contributed by atoms with Gasteiger partial charge in [0.05, 0.1) is 11.3 Å². The van der Waals surface area contributed by atoms with E-state index in [0.29, 0.717) is 23.0 Å². The number of anilines is 1. The van der Waals surface area contributed by atoms with Crippen LogP contribution < -0.4 is 5.73 Å². The number of pyridine rings is 1. The van der Waals surface area contributed by atoms with Gasteiger partial charge in [0.1, 0.15) is 5.65 Å². The van der Waals surface area contributed by atoms with Crippen LogP contribution in [-0.2, 0) is 0 Å². The lowest BCUT2D eigenvalue weighted by atomic mass is 10.2. The summed E-state index contributed by atoms with van der Waals surface area (Å²) in [5.41, 5.74) is 8.06.